The highest BCUT2D eigenvalue weighted by Crippen LogP contribution is 2.27. The van der Waals surface area contributed by atoms with E-state index in [-0.39, 0.29) is 6.54 Å². The highest BCUT2D eigenvalue weighted by atomic mass is 32.1. The van der Waals surface area contributed by atoms with Crippen LogP contribution in [-0.2, 0) is 0 Å². The number of hydrogen-bond donors (Lipinski definition) is 1. The molecular weight excluding hydrogens is 251 g/mol. The first kappa shape index (κ1) is 16.6. The van der Waals surface area contributed by atoms with Gasteiger partial charge in [0.25, 0.3) is 0 Å². The second-order valence-electron chi connectivity index (χ2n) is 4.42. The third kappa shape index (κ3) is 7.51. The predicted octanol–water partition coefficient (Wildman–Crippen LogP) is 1.33. The Hall–Kier alpha value is -0.400. The van der Waals surface area contributed by atoms with Gasteiger partial charge in [0, 0.05) is 6.54 Å². The molecule has 17 heavy (non-hydrogen) atoms. The Morgan fingerprint density at radius 1 is 1.24 bits per heavy atom. The summed E-state index contributed by atoms with van der Waals surface area (Å²) in [5, 5.41) is 0. The third-order valence-electron chi connectivity index (χ3n) is 2.38. The molecule has 0 aliphatic heterocycles. The van der Waals surface area contributed by atoms with Crippen LogP contribution in [0.5, 0.6) is 0 Å². The van der Waals surface area contributed by atoms with Gasteiger partial charge < -0.3 is 15.5 Å². The van der Waals surface area contributed by atoms with Crippen molar-refractivity contribution in [2.24, 2.45) is 11.7 Å². The maximum absolute atomic E-state index is 12.6. The summed E-state index contributed by atoms with van der Waals surface area (Å²) in [6, 6.07) is 0. The molecule has 0 amide bonds. The van der Waals surface area contributed by atoms with Crippen molar-refractivity contribution in [1.82, 2.24) is 9.80 Å². The molecule has 7 heteroatoms. The van der Waals surface area contributed by atoms with Crippen molar-refractivity contribution in [1.29, 1.82) is 0 Å². The van der Waals surface area contributed by atoms with Crippen LogP contribution in [0.1, 0.15) is 6.42 Å². The molecule has 0 aromatic heterocycles. The van der Waals surface area contributed by atoms with Gasteiger partial charge in [-0.15, -0.1) is 0 Å². The van der Waals surface area contributed by atoms with Crippen molar-refractivity contribution in [3.8, 4) is 0 Å². The monoisotopic (exact) mass is 271 g/mol. The van der Waals surface area contributed by atoms with Crippen LogP contribution in [0.3, 0.4) is 0 Å². The third-order valence-corrected chi connectivity index (χ3v) is 2.66. The molecule has 0 radical (unpaired) electrons. The van der Waals surface area contributed by atoms with Crippen LogP contribution in [0.15, 0.2) is 0 Å². The van der Waals surface area contributed by atoms with Crippen molar-refractivity contribution in [2.75, 3.05) is 40.8 Å². The topological polar surface area (TPSA) is 32.5 Å². The first-order chi connectivity index (χ1) is 7.64. The second kappa shape index (κ2) is 7.13. The summed E-state index contributed by atoms with van der Waals surface area (Å²) in [6.45, 7) is 1.26. The van der Waals surface area contributed by atoms with Gasteiger partial charge >= 0.3 is 6.18 Å². The first-order valence-electron chi connectivity index (χ1n) is 5.34. The molecule has 0 aliphatic rings. The lowest BCUT2D eigenvalue weighted by Crippen LogP contribution is -2.42. The second-order valence-corrected chi connectivity index (χ2v) is 4.89. The van der Waals surface area contributed by atoms with Gasteiger partial charge in [-0.2, -0.15) is 13.2 Å². The van der Waals surface area contributed by atoms with E-state index in [1.807, 2.05) is 19.0 Å². The van der Waals surface area contributed by atoms with E-state index in [9.17, 15) is 13.2 Å². The van der Waals surface area contributed by atoms with E-state index in [4.69, 9.17) is 5.73 Å². The van der Waals surface area contributed by atoms with E-state index >= 15 is 0 Å². The summed E-state index contributed by atoms with van der Waals surface area (Å²) in [6.07, 6.45) is -3.55. The number of halogens is 3. The summed E-state index contributed by atoms with van der Waals surface area (Å²) in [7, 11) is 5.49. The molecule has 0 rings (SSSR count). The maximum atomic E-state index is 12.6. The maximum Gasteiger partial charge on any atom is 0.399 e. The van der Waals surface area contributed by atoms with E-state index in [0.717, 1.165) is 13.0 Å². The van der Waals surface area contributed by atoms with Gasteiger partial charge in [-0.05, 0) is 40.7 Å². The average molecular weight is 271 g/mol. The highest BCUT2D eigenvalue weighted by Gasteiger charge is 2.42. The lowest BCUT2D eigenvalue weighted by Gasteiger charge is -2.25. The van der Waals surface area contributed by atoms with E-state index in [1.165, 1.54) is 0 Å². The molecule has 1 unspecified atom stereocenters. The summed E-state index contributed by atoms with van der Waals surface area (Å²) in [4.78, 5) is 3.11. The summed E-state index contributed by atoms with van der Waals surface area (Å²) in [5.74, 6) is -1.72. The van der Waals surface area contributed by atoms with Crippen LogP contribution in [-0.4, -0.2) is 61.7 Å². The van der Waals surface area contributed by atoms with E-state index in [1.54, 1.807) is 11.9 Å². The van der Waals surface area contributed by atoms with Gasteiger partial charge in [-0.1, -0.05) is 12.2 Å². The molecule has 0 spiro atoms. The summed E-state index contributed by atoms with van der Waals surface area (Å²) in [5.41, 5.74) is 5.12. The van der Waals surface area contributed by atoms with Gasteiger partial charge in [-0.25, -0.2) is 0 Å². The number of nitrogens with zero attached hydrogens (tertiary/aromatic N) is 2. The minimum absolute atomic E-state index is 0.174. The van der Waals surface area contributed by atoms with Gasteiger partial charge in [0.15, 0.2) is 0 Å². The zero-order valence-corrected chi connectivity index (χ0v) is 11.2. The minimum Gasteiger partial charge on any atom is -0.393 e. The van der Waals surface area contributed by atoms with Crippen molar-refractivity contribution < 1.29 is 13.2 Å². The Bertz CT molecular complexity index is 243. The van der Waals surface area contributed by atoms with Gasteiger partial charge in [0.1, 0.15) is 5.92 Å². The lowest BCUT2D eigenvalue weighted by molar-refractivity contribution is -0.158. The summed E-state index contributed by atoms with van der Waals surface area (Å²) < 4.78 is 37.7. The Kier molecular flexibility index (Phi) is 6.96. The first-order valence-corrected chi connectivity index (χ1v) is 5.74. The van der Waals surface area contributed by atoms with Crippen molar-refractivity contribution >= 4 is 17.2 Å². The fourth-order valence-corrected chi connectivity index (χ4v) is 1.62. The quantitative estimate of drug-likeness (QED) is 0.708. The fraction of sp³-hybridized carbons (Fsp3) is 0.900. The predicted molar refractivity (Wildman–Crippen MR) is 67.0 cm³/mol. The van der Waals surface area contributed by atoms with E-state index in [0.29, 0.717) is 6.54 Å². The van der Waals surface area contributed by atoms with Gasteiger partial charge in [0.05, 0.1) is 4.99 Å². The number of thiocarbonyl (C=S) groups is 1. The molecule has 1 atom stereocenters. The molecule has 0 bridgehead atoms. The van der Waals surface area contributed by atoms with Gasteiger partial charge in [-0.3, -0.25) is 0 Å². The Labute approximate surface area is 106 Å². The SMILES string of the molecule is CN(C)CCCN(C)CC(C(N)=S)C(F)(F)F. The zero-order valence-electron chi connectivity index (χ0n) is 10.4. The number of alkyl halides is 3. The van der Waals surface area contributed by atoms with Crippen molar-refractivity contribution in [3.63, 3.8) is 0 Å². The van der Waals surface area contributed by atoms with Gasteiger partial charge in [0.2, 0.25) is 0 Å². The molecule has 0 fully saturated rings. The zero-order chi connectivity index (χ0) is 13.6. The number of hydrogen-bond acceptors (Lipinski definition) is 3. The average Bonchev–Trinajstić information content (AvgIpc) is 2.11. The molecule has 3 nitrogen and oxygen atoms in total. The molecule has 0 saturated heterocycles. The highest BCUT2D eigenvalue weighted by molar-refractivity contribution is 7.80. The smallest absolute Gasteiger partial charge is 0.393 e. The Morgan fingerprint density at radius 2 is 1.76 bits per heavy atom. The largest absolute Gasteiger partial charge is 0.399 e. The molecule has 102 valence electrons. The molecular formula is C10H20F3N3S. The molecule has 0 aromatic rings. The number of nitrogens with two attached hydrogens (primary N) is 1. The molecule has 0 aliphatic carbocycles. The fourth-order valence-electron chi connectivity index (χ4n) is 1.41. The molecule has 0 heterocycles. The Balaban J connectivity index is 4.14. The van der Waals surface area contributed by atoms with Crippen molar-refractivity contribution in [2.45, 2.75) is 12.6 Å². The summed E-state index contributed by atoms with van der Waals surface area (Å²) >= 11 is 4.46. The minimum atomic E-state index is -4.36. The Morgan fingerprint density at radius 3 is 2.12 bits per heavy atom. The van der Waals surface area contributed by atoms with Crippen molar-refractivity contribution in [3.05, 3.63) is 0 Å². The van der Waals surface area contributed by atoms with Crippen LogP contribution in [0.4, 0.5) is 13.2 Å². The van der Waals surface area contributed by atoms with Crippen LogP contribution in [0.25, 0.3) is 0 Å². The number of rotatable bonds is 7. The van der Waals surface area contributed by atoms with E-state index < -0.39 is 17.1 Å². The normalized spacial score (nSPS) is 14.4. The molecule has 0 aromatic carbocycles. The molecule has 0 saturated carbocycles. The van der Waals surface area contributed by atoms with Crippen LogP contribution in [0.2, 0.25) is 0 Å². The van der Waals surface area contributed by atoms with Crippen LogP contribution in [0, 0.1) is 5.92 Å². The van der Waals surface area contributed by atoms with E-state index in [2.05, 4.69) is 12.2 Å². The standard InChI is InChI=1S/C10H20F3N3S/c1-15(2)5-4-6-16(3)7-8(9(14)17)10(11,12)13/h8H,4-7H2,1-3H3,(H2,14,17). The van der Waals surface area contributed by atoms with Crippen LogP contribution >= 0.6 is 12.2 Å². The van der Waals surface area contributed by atoms with Crippen LogP contribution < -0.4 is 5.73 Å². The lowest BCUT2D eigenvalue weighted by atomic mass is 10.1. The molecule has 2 N–H and O–H groups in total.